The first-order valence-electron chi connectivity index (χ1n) is 4.81. The average molecular weight is 222 g/mol. The van der Waals surface area contributed by atoms with Gasteiger partial charge in [-0.3, -0.25) is 4.79 Å². The predicted molar refractivity (Wildman–Crippen MR) is 60.2 cm³/mol. The Bertz CT molecular complexity index is 376. The Balaban J connectivity index is 2.49. The Morgan fingerprint density at radius 1 is 1.50 bits per heavy atom. The van der Waals surface area contributed by atoms with E-state index in [1.54, 1.807) is 6.92 Å². The zero-order valence-corrected chi connectivity index (χ0v) is 8.96. The summed E-state index contributed by atoms with van der Waals surface area (Å²) in [6, 6.07) is 8.40. The van der Waals surface area contributed by atoms with Crippen molar-refractivity contribution >= 4 is 11.7 Å². The van der Waals surface area contributed by atoms with E-state index in [-0.39, 0.29) is 6.61 Å². The number of benzene rings is 1. The second kappa shape index (κ2) is 5.87. The van der Waals surface area contributed by atoms with Gasteiger partial charge in [-0.15, -0.1) is 0 Å². The fourth-order valence-corrected chi connectivity index (χ4v) is 1.02. The number of nitrogens with zero attached hydrogens (tertiary/aromatic N) is 1. The molecule has 1 aromatic rings. The second-order valence-electron chi connectivity index (χ2n) is 3.28. The van der Waals surface area contributed by atoms with Gasteiger partial charge in [0.25, 0.3) is 0 Å². The number of aliphatic carboxylic acids is 1. The van der Waals surface area contributed by atoms with E-state index in [9.17, 15) is 4.79 Å². The smallest absolute Gasteiger partial charge is 0.324 e. The fourth-order valence-electron chi connectivity index (χ4n) is 1.02. The van der Waals surface area contributed by atoms with Crippen molar-refractivity contribution in [1.29, 1.82) is 0 Å². The molecule has 0 fully saturated rings. The lowest BCUT2D eigenvalue weighted by molar-refractivity contribution is -0.140. The number of carbonyl (C=O) groups is 1. The molecule has 5 heteroatoms. The number of nitrogens with two attached hydrogens (primary N) is 1. The maximum Gasteiger partial charge on any atom is 0.324 e. The van der Waals surface area contributed by atoms with Gasteiger partial charge in [0.1, 0.15) is 12.6 Å². The molecule has 3 N–H and O–H groups in total. The Morgan fingerprint density at radius 3 is 2.69 bits per heavy atom. The quantitative estimate of drug-likeness (QED) is 0.571. The van der Waals surface area contributed by atoms with Crippen molar-refractivity contribution < 1.29 is 14.7 Å². The normalized spacial score (nSPS) is 13.2. The average Bonchev–Trinajstić information content (AvgIpc) is 2.29. The van der Waals surface area contributed by atoms with Crippen LogP contribution in [0.4, 0.5) is 0 Å². The van der Waals surface area contributed by atoms with E-state index in [0.717, 1.165) is 5.56 Å². The summed E-state index contributed by atoms with van der Waals surface area (Å²) < 4.78 is 0. The minimum atomic E-state index is -1.10. The summed E-state index contributed by atoms with van der Waals surface area (Å²) in [4.78, 5) is 15.2. The number of rotatable bonds is 5. The lowest BCUT2D eigenvalue weighted by atomic mass is 10.1. The highest BCUT2D eigenvalue weighted by Gasteiger charge is 2.11. The van der Waals surface area contributed by atoms with Gasteiger partial charge in [0.05, 0.1) is 5.71 Å². The molecular weight excluding hydrogens is 208 g/mol. The van der Waals surface area contributed by atoms with E-state index in [4.69, 9.17) is 15.7 Å². The molecule has 1 rings (SSSR count). The maximum atomic E-state index is 10.4. The third-order valence-electron chi connectivity index (χ3n) is 1.96. The number of oxime groups is 1. The van der Waals surface area contributed by atoms with Crippen molar-refractivity contribution in [2.75, 3.05) is 6.61 Å². The molecule has 1 unspecified atom stereocenters. The van der Waals surface area contributed by atoms with Crippen LogP contribution in [-0.4, -0.2) is 29.4 Å². The molecule has 5 nitrogen and oxygen atoms in total. The van der Waals surface area contributed by atoms with Crippen molar-refractivity contribution in [3.63, 3.8) is 0 Å². The molecule has 16 heavy (non-hydrogen) atoms. The summed E-state index contributed by atoms with van der Waals surface area (Å²) in [7, 11) is 0. The molecule has 1 aromatic carbocycles. The summed E-state index contributed by atoms with van der Waals surface area (Å²) >= 11 is 0. The monoisotopic (exact) mass is 222 g/mol. The Kier molecular flexibility index (Phi) is 4.47. The van der Waals surface area contributed by atoms with Crippen LogP contribution in [0.1, 0.15) is 12.5 Å². The molecule has 0 aliphatic heterocycles. The van der Waals surface area contributed by atoms with Gasteiger partial charge in [0, 0.05) is 0 Å². The van der Waals surface area contributed by atoms with Crippen LogP contribution in [-0.2, 0) is 9.63 Å². The van der Waals surface area contributed by atoms with Crippen LogP contribution in [0.15, 0.2) is 35.5 Å². The van der Waals surface area contributed by atoms with Gasteiger partial charge in [0.2, 0.25) is 0 Å². The summed E-state index contributed by atoms with van der Waals surface area (Å²) in [5.41, 5.74) is 6.85. The Morgan fingerprint density at radius 2 is 2.12 bits per heavy atom. The molecule has 0 aromatic heterocycles. The van der Waals surface area contributed by atoms with Crippen molar-refractivity contribution in [3.8, 4) is 0 Å². The van der Waals surface area contributed by atoms with Gasteiger partial charge >= 0.3 is 5.97 Å². The minimum absolute atomic E-state index is 0.139. The molecule has 0 saturated heterocycles. The third kappa shape index (κ3) is 3.70. The molecule has 0 bridgehead atoms. The molecule has 0 aliphatic carbocycles. The third-order valence-corrected chi connectivity index (χ3v) is 1.96. The molecule has 0 heterocycles. The maximum absolute atomic E-state index is 10.4. The van der Waals surface area contributed by atoms with Crippen molar-refractivity contribution in [1.82, 2.24) is 0 Å². The van der Waals surface area contributed by atoms with Crippen LogP contribution in [0.25, 0.3) is 0 Å². The van der Waals surface area contributed by atoms with Crippen molar-refractivity contribution in [3.05, 3.63) is 35.9 Å². The van der Waals surface area contributed by atoms with Crippen molar-refractivity contribution in [2.45, 2.75) is 13.0 Å². The summed E-state index contributed by atoms with van der Waals surface area (Å²) in [6.07, 6.45) is 0. The second-order valence-corrected chi connectivity index (χ2v) is 3.28. The highest BCUT2D eigenvalue weighted by Crippen LogP contribution is 2.01. The lowest BCUT2D eigenvalue weighted by Gasteiger charge is -2.05. The van der Waals surface area contributed by atoms with Crippen LogP contribution in [0.3, 0.4) is 0 Å². The first-order chi connectivity index (χ1) is 7.61. The number of hydrogen-bond acceptors (Lipinski definition) is 4. The van der Waals surface area contributed by atoms with E-state index < -0.39 is 12.0 Å². The van der Waals surface area contributed by atoms with Crippen LogP contribution in [0.2, 0.25) is 0 Å². The summed E-state index contributed by atoms with van der Waals surface area (Å²) in [5, 5.41) is 12.3. The van der Waals surface area contributed by atoms with Crippen molar-refractivity contribution in [2.24, 2.45) is 10.9 Å². The van der Waals surface area contributed by atoms with Crippen LogP contribution in [0, 0.1) is 0 Å². The van der Waals surface area contributed by atoms with E-state index >= 15 is 0 Å². The molecule has 0 aliphatic rings. The van der Waals surface area contributed by atoms with Gasteiger partial charge in [-0.25, -0.2) is 0 Å². The minimum Gasteiger partial charge on any atom is -0.480 e. The van der Waals surface area contributed by atoms with Crippen LogP contribution in [0.5, 0.6) is 0 Å². The van der Waals surface area contributed by atoms with Crippen LogP contribution < -0.4 is 5.73 Å². The Labute approximate surface area is 93.5 Å². The fraction of sp³-hybridized carbons (Fsp3) is 0.273. The highest BCUT2D eigenvalue weighted by atomic mass is 16.6. The first kappa shape index (κ1) is 12.2. The zero-order chi connectivity index (χ0) is 12.0. The number of hydrogen-bond donors (Lipinski definition) is 2. The Hall–Kier alpha value is -1.88. The van der Waals surface area contributed by atoms with Crippen LogP contribution >= 0.6 is 0 Å². The summed E-state index contributed by atoms with van der Waals surface area (Å²) in [5.74, 6) is -1.10. The van der Waals surface area contributed by atoms with E-state index in [1.165, 1.54) is 0 Å². The van der Waals surface area contributed by atoms with Gasteiger partial charge in [-0.2, -0.15) is 0 Å². The lowest BCUT2D eigenvalue weighted by Crippen LogP contribution is -2.34. The highest BCUT2D eigenvalue weighted by molar-refractivity contribution is 5.98. The zero-order valence-electron chi connectivity index (χ0n) is 8.96. The molecule has 86 valence electrons. The predicted octanol–water partition coefficient (Wildman–Crippen LogP) is 0.839. The molecular formula is C11H14N2O3. The van der Waals surface area contributed by atoms with Gasteiger partial charge < -0.3 is 15.7 Å². The van der Waals surface area contributed by atoms with Gasteiger partial charge in [0.15, 0.2) is 0 Å². The molecule has 0 spiro atoms. The number of carboxylic acids is 1. The molecule has 1 atom stereocenters. The molecule has 0 saturated carbocycles. The van der Waals surface area contributed by atoms with E-state index in [2.05, 4.69) is 5.16 Å². The van der Waals surface area contributed by atoms with Gasteiger partial charge in [-0.1, -0.05) is 35.5 Å². The first-order valence-corrected chi connectivity index (χ1v) is 4.81. The SMILES string of the molecule is CC(=NOCC(N)C(=O)O)c1ccccc1. The largest absolute Gasteiger partial charge is 0.480 e. The van der Waals surface area contributed by atoms with E-state index in [1.807, 2.05) is 30.3 Å². The summed E-state index contributed by atoms with van der Waals surface area (Å²) in [6.45, 7) is 1.64. The number of carboxylic acid groups (broad SMARTS) is 1. The standard InChI is InChI=1S/C11H14N2O3/c1-8(9-5-3-2-4-6-9)13-16-7-10(12)11(14)15/h2-6,10H,7,12H2,1H3,(H,14,15). The topological polar surface area (TPSA) is 84.9 Å². The van der Waals surface area contributed by atoms with Gasteiger partial charge in [-0.05, 0) is 12.5 Å². The molecule has 0 amide bonds. The van der Waals surface area contributed by atoms with E-state index in [0.29, 0.717) is 5.71 Å². The molecule has 0 radical (unpaired) electrons.